The Bertz CT molecular complexity index is 587. The van der Waals surface area contributed by atoms with Crippen molar-refractivity contribution >= 4 is 23.2 Å². The largest absolute Gasteiger partial charge is 0.309 e. The highest BCUT2D eigenvalue weighted by molar-refractivity contribution is 6.36. The summed E-state index contributed by atoms with van der Waals surface area (Å²) in [5.74, 6) is 0. The van der Waals surface area contributed by atoms with Gasteiger partial charge in [-0.3, -0.25) is 4.68 Å². The van der Waals surface area contributed by atoms with Gasteiger partial charge in [0.05, 0.1) is 17.4 Å². The molecule has 1 unspecified atom stereocenters. The first-order chi connectivity index (χ1) is 10.1. The van der Waals surface area contributed by atoms with E-state index in [9.17, 15) is 0 Å². The summed E-state index contributed by atoms with van der Waals surface area (Å²) in [5, 5.41) is 9.45. The van der Waals surface area contributed by atoms with Crippen LogP contribution < -0.4 is 5.32 Å². The van der Waals surface area contributed by atoms with Crippen LogP contribution in [0.15, 0.2) is 24.3 Å². The summed E-state index contributed by atoms with van der Waals surface area (Å²) in [4.78, 5) is 0. The number of aromatic nitrogens is 2. The van der Waals surface area contributed by atoms with Crippen LogP contribution >= 0.6 is 23.2 Å². The van der Waals surface area contributed by atoms with E-state index in [0.717, 1.165) is 36.3 Å². The molecule has 21 heavy (non-hydrogen) atoms. The van der Waals surface area contributed by atoms with Gasteiger partial charge in [-0.1, -0.05) is 43.1 Å². The van der Waals surface area contributed by atoms with Crippen molar-refractivity contribution in [2.75, 3.05) is 6.54 Å². The molecule has 1 aromatic heterocycles. The third-order valence-corrected chi connectivity index (χ3v) is 4.31. The second kappa shape index (κ2) is 7.30. The molecular formula is C16H21Cl2N3. The zero-order valence-corrected chi connectivity index (χ0v) is 14.2. The number of nitrogens with one attached hydrogen (secondary N) is 1. The molecule has 114 valence electrons. The van der Waals surface area contributed by atoms with E-state index in [0.29, 0.717) is 10.0 Å². The lowest BCUT2D eigenvalue weighted by molar-refractivity contribution is 0.507. The van der Waals surface area contributed by atoms with Gasteiger partial charge in [0.1, 0.15) is 0 Å². The first-order valence-electron chi connectivity index (χ1n) is 7.25. The number of nitrogens with zero attached hydrogens (tertiary/aromatic N) is 2. The minimum Gasteiger partial charge on any atom is -0.309 e. The van der Waals surface area contributed by atoms with E-state index >= 15 is 0 Å². The van der Waals surface area contributed by atoms with Crippen molar-refractivity contribution in [1.29, 1.82) is 0 Å². The zero-order valence-electron chi connectivity index (χ0n) is 12.7. The average Bonchev–Trinajstić information content (AvgIpc) is 2.83. The quantitative estimate of drug-likeness (QED) is 0.863. The number of hydrogen-bond acceptors (Lipinski definition) is 2. The van der Waals surface area contributed by atoms with E-state index in [1.54, 1.807) is 0 Å². The number of aryl methyl sites for hydroxylation is 2. The second-order valence-corrected chi connectivity index (χ2v) is 5.87. The monoisotopic (exact) mass is 325 g/mol. The Labute approximate surface area is 136 Å². The Morgan fingerprint density at radius 2 is 1.90 bits per heavy atom. The topological polar surface area (TPSA) is 29.9 Å². The molecule has 0 fully saturated rings. The maximum atomic E-state index is 6.30. The van der Waals surface area contributed by atoms with Crippen molar-refractivity contribution in [1.82, 2.24) is 15.1 Å². The van der Waals surface area contributed by atoms with Gasteiger partial charge in [-0.05, 0) is 43.1 Å². The Balaban J connectivity index is 2.33. The third-order valence-electron chi connectivity index (χ3n) is 3.61. The van der Waals surface area contributed by atoms with Gasteiger partial charge in [0.15, 0.2) is 0 Å². The number of likely N-dealkylation sites (N-methyl/N-ethyl adjacent to an activating group) is 1. The highest BCUT2D eigenvalue weighted by Gasteiger charge is 2.19. The molecule has 1 aromatic carbocycles. The van der Waals surface area contributed by atoms with E-state index in [4.69, 9.17) is 23.2 Å². The van der Waals surface area contributed by atoms with Crippen LogP contribution in [0.5, 0.6) is 0 Å². The van der Waals surface area contributed by atoms with E-state index in [1.807, 2.05) is 29.9 Å². The van der Waals surface area contributed by atoms with Crippen molar-refractivity contribution in [3.8, 4) is 0 Å². The molecule has 3 nitrogen and oxygen atoms in total. The highest BCUT2D eigenvalue weighted by Crippen LogP contribution is 2.29. The maximum absolute atomic E-state index is 6.30. The summed E-state index contributed by atoms with van der Waals surface area (Å²) in [6.07, 6.45) is 1.68. The molecule has 0 aliphatic carbocycles. The number of rotatable bonds is 6. The van der Waals surface area contributed by atoms with E-state index < -0.39 is 0 Å². The van der Waals surface area contributed by atoms with Gasteiger partial charge in [-0.15, -0.1) is 0 Å². The Hall–Kier alpha value is -1.03. The molecule has 0 radical (unpaired) electrons. The Kier molecular flexibility index (Phi) is 5.68. The SMILES string of the molecule is CCNC(Cc1c(Cl)cccc1Cl)c1cc(CC)nn1C. The van der Waals surface area contributed by atoms with Gasteiger partial charge in [-0.2, -0.15) is 5.10 Å². The molecular weight excluding hydrogens is 305 g/mol. The lowest BCUT2D eigenvalue weighted by atomic mass is 10.0. The molecule has 0 bridgehead atoms. The normalized spacial score (nSPS) is 12.6. The number of benzene rings is 1. The summed E-state index contributed by atoms with van der Waals surface area (Å²) in [5.41, 5.74) is 3.23. The van der Waals surface area contributed by atoms with Gasteiger partial charge in [-0.25, -0.2) is 0 Å². The first kappa shape index (κ1) is 16.3. The van der Waals surface area contributed by atoms with Crippen molar-refractivity contribution in [3.05, 3.63) is 51.3 Å². The third kappa shape index (κ3) is 3.79. The molecule has 0 amide bonds. The molecule has 1 N–H and O–H groups in total. The van der Waals surface area contributed by atoms with Crippen molar-refractivity contribution < 1.29 is 0 Å². The average molecular weight is 326 g/mol. The molecule has 2 aromatic rings. The van der Waals surface area contributed by atoms with Crippen LogP contribution in [-0.4, -0.2) is 16.3 Å². The molecule has 1 heterocycles. The number of halogens is 2. The maximum Gasteiger partial charge on any atom is 0.0625 e. The van der Waals surface area contributed by atoms with Crippen molar-refractivity contribution in [2.45, 2.75) is 32.7 Å². The van der Waals surface area contributed by atoms with Crippen molar-refractivity contribution in [2.24, 2.45) is 7.05 Å². The molecule has 0 aliphatic rings. The van der Waals surface area contributed by atoms with Crippen molar-refractivity contribution in [3.63, 3.8) is 0 Å². The highest BCUT2D eigenvalue weighted by atomic mass is 35.5. The van der Waals surface area contributed by atoms with Gasteiger partial charge in [0, 0.05) is 17.1 Å². The van der Waals surface area contributed by atoms with Crippen LogP contribution in [0.3, 0.4) is 0 Å². The van der Waals surface area contributed by atoms with Crippen LogP contribution in [0.2, 0.25) is 10.0 Å². The first-order valence-corrected chi connectivity index (χ1v) is 8.01. The number of hydrogen-bond donors (Lipinski definition) is 1. The minimum absolute atomic E-state index is 0.144. The molecule has 0 spiro atoms. The smallest absolute Gasteiger partial charge is 0.0625 e. The predicted molar refractivity (Wildman–Crippen MR) is 89.2 cm³/mol. The van der Waals surface area contributed by atoms with Gasteiger partial charge >= 0.3 is 0 Å². The minimum atomic E-state index is 0.144. The fourth-order valence-corrected chi connectivity index (χ4v) is 3.05. The van der Waals surface area contributed by atoms with Gasteiger partial charge in [0.25, 0.3) is 0 Å². The lowest BCUT2D eigenvalue weighted by Crippen LogP contribution is -2.25. The Morgan fingerprint density at radius 1 is 1.24 bits per heavy atom. The molecule has 0 aliphatic heterocycles. The Morgan fingerprint density at radius 3 is 2.43 bits per heavy atom. The van der Waals surface area contributed by atoms with Crippen LogP contribution in [0.25, 0.3) is 0 Å². The second-order valence-electron chi connectivity index (χ2n) is 5.05. The van der Waals surface area contributed by atoms with Gasteiger partial charge < -0.3 is 5.32 Å². The van der Waals surface area contributed by atoms with Crippen LogP contribution in [0, 0.1) is 0 Å². The predicted octanol–water partition coefficient (Wildman–Crippen LogP) is 4.18. The fourth-order valence-electron chi connectivity index (χ4n) is 2.50. The summed E-state index contributed by atoms with van der Waals surface area (Å²) < 4.78 is 1.94. The van der Waals surface area contributed by atoms with Crippen LogP contribution in [0.1, 0.15) is 36.8 Å². The summed E-state index contributed by atoms with van der Waals surface area (Å²) in [6, 6.07) is 7.93. The van der Waals surface area contributed by atoms with Crippen LogP contribution in [0.4, 0.5) is 0 Å². The lowest BCUT2D eigenvalue weighted by Gasteiger charge is -2.19. The molecule has 5 heteroatoms. The standard InChI is InChI=1S/C16H21Cl2N3/c1-4-11-9-16(21(3)20-11)15(19-5-2)10-12-13(17)7-6-8-14(12)18/h6-9,15,19H,4-5,10H2,1-3H3. The summed E-state index contributed by atoms with van der Waals surface area (Å²) in [6.45, 7) is 5.08. The molecule has 0 saturated carbocycles. The molecule has 2 rings (SSSR count). The van der Waals surface area contributed by atoms with Crippen LogP contribution in [-0.2, 0) is 19.9 Å². The molecule has 0 saturated heterocycles. The van der Waals surface area contributed by atoms with E-state index in [-0.39, 0.29) is 6.04 Å². The van der Waals surface area contributed by atoms with E-state index in [2.05, 4.69) is 30.3 Å². The summed E-state index contributed by atoms with van der Waals surface area (Å²) in [7, 11) is 1.98. The fraction of sp³-hybridized carbons (Fsp3) is 0.438. The van der Waals surface area contributed by atoms with E-state index in [1.165, 1.54) is 0 Å². The zero-order chi connectivity index (χ0) is 15.4. The molecule has 1 atom stereocenters. The van der Waals surface area contributed by atoms with Gasteiger partial charge in [0.2, 0.25) is 0 Å². The summed E-state index contributed by atoms with van der Waals surface area (Å²) >= 11 is 12.6.